The summed E-state index contributed by atoms with van der Waals surface area (Å²) < 4.78 is 0. The van der Waals surface area contributed by atoms with E-state index < -0.39 is 0 Å². The molecule has 0 aromatic carbocycles. The van der Waals surface area contributed by atoms with Crippen LogP contribution >= 0.6 is 0 Å². The number of aliphatic hydroxyl groups excluding tert-OH is 1. The van der Waals surface area contributed by atoms with E-state index in [0.29, 0.717) is 19.4 Å². The van der Waals surface area contributed by atoms with Gasteiger partial charge in [-0.2, -0.15) is 0 Å². The molecule has 2 N–H and O–H groups in total. The zero-order valence-corrected chi connectivity index (χ0v) is 9.05. The predicted octanol–water partition coefficient (Wildman–Crippen LogP) is 1.31. The largest absolute Gasteiger partial charge is 0.393 e. The average molecular weight is 187 g/mol. The van der Waals surface area contributed by atoms with Crippen LogP contribution in [0.3, 0.4) is 0 Å². The van der Waals surface area contributed by atoms with Crippen LogP contribution in [0.15, 0.2) is 0 Å². The van der Waals surface area contributed by atoms with Gasteiger partial charge in [-0.1, -0.05) is 20.8 Å². The van der Waals surface area contributed by atoms with Gasteiger partial charge in [0.25, 0.3) is 0 Å². The minimum Gasteiger partial charge on any atom is -0.393 e. The fourth-order valence-electron chi connectivity index (χ4n) is 0.792. The summed E-state index contributed by atoms with van der Waals surface area (Å²) in [6.45, 7) is 8.59. The first-order valence-corrected chi connectivity index (χ1v) is 4.76. The Balaban J connectivity index is 3.53. The third-order valence-electron chi connectivity index (χ3n) is 1.61. The highest BCUT2D eigenvalue weighted by Gasteiger charge is 2.11. The van der Waals surface area contributed by atoms with Gasteiger partial charge in [-0.15, -0.1) is 0 Å². The first-order valence-electron chi connectivity index (χ1n) is 4.76. The molecule has 13 heavy (non-hydrogen) atoms. The number of hydrogen-bond acceptors (Lipinski definition) is 2. The topological polar surface area (TPSA) is 49.3 Å². The van der Waals surface area contributed by atoms with E-state index in [2.05, 4.69) is 26.1 Å². The van der Waals surface area contributed by atoms with Crippen molar-refractivity contribution < 1.29 is 9.90 Å². The molecule has 0 saturated carbocycles. The summed E-state index contributed by atoms with van der Waals surface area (Å²) in [7, 11) is 0. The van der Waals surface area contributed by atoms with E-state index in [4.69, 9.17) is 5.11 Å². The zero-order valence-electron chi connectivity index (χ0n) is 9.05. The molecule has 1 amide bonds. The van der Waals surface area contributed by atoms with Gasteiger partial charge >= 0.3 is 0 Å². The molecule has 0 saturated heterocycles. The number of aliphatic hydroxyl groups is 1. The smallest absolute Gasteiger partial charge is 0.220 e. The van der Waals surface area contributed by atoms with Crippen molar-refractivity contribution in [2.24, 2.45) is 5.41 Å². The summed E-state index contributed by atoms with van der Waals surface area (Å²) >= 11 is 0. The van der Waals surface area contributed by atoms with E-state index in [9.17, 15) is 4.79 Å². The van der Waals surface area contributed by atoms with Gasteiger partial charge in [-0.25, -0.2) is 0 Å². The summed E-state index contributed by atoms with van der Waals surface area (Å²) in [6.07, 6.45) is 0.560. The molecule has 0 aromatic rings. The second-order valence-corrected chi connectivity index (χ2v) is 4.73. The monoisotopic (exact) mass is 187 g/mol. The average Bonchev–Trinajstić information content (AvgIpc) is 1.95. The van der Waals surface area contributed by atoms with Gasteiger partial charge in [-0.3, -0.25) is 4.79 Å². The molecule has 0 aliphatic carbocycles. The third-order valence-corrected chi connectivity index (χ3v) is 1.61. The van der Waals surface area contributed by atoms with Crippen molar-refractivity contribution in [3.05, 3.63) is 0 Å². The Morgan fingerprint density at radius 1 is 1.46 bits per heavy atom. The summed E-state index contributed by atoms with van der Waals surface area (Å²) in [5.74, 6) is 0.0239. The van der Waals surface area contributed by atoms with Gasteiger partial charge in [0, 0.05) is 13.0 Å². The molecule has 0 aliphatic heterocycles. The van der Waals surface area contributed by atoms with Gasteiger partial charge < -0.3 is 10.4 Å². The van der Waals surface area contributed by atoms with Crippen LogP contribution < -0.4 is 5.32 Å². The van der Waals surface area contributed by atoms with Crippen LogP contribution in [0.5, 0.6) is 0 Å². The number of amides is 1. The lowest BCUT2D eigenvalue weighted by Crippen LogP contribution is -2.32. The number of nitrogens with one attached hydrogen (secondary N) is 1. The maximum Gasteiger partial charge on any atom is 0.220 e. The van der Waals surface area contributed by atoms with Crippen molar-refractivity contribution in [1.29, 1.82) is 0 Å². The first-order chi connectivity index (χ1) is 5.81. The Morgan fingerprint density at radius 3 is 2.38 bits per heavy atom. The molecule has 1 atom stereocenters. The summed E-state index contributed by atoms with van der Waals surface area (Å²) in [6, 6.07) is 0. The minimum absolute atomic E-state index is 0.0239. The molecule has 0 fully saturated rings. The summed E-state index contributed by atoms with van der Waals surface area (Å²) in [5, 5.41) is 11.8. The fourth-order valence-corrected chi connectivity index (χ4v) is 0.792. The van der Waals surface area contributed by atoms with Crippen LogP contribution in [-0.2, 0) is 4.79 Å². The molecule has 1 unspecified atom stereocenters. The Bertz CT molecular complexity index is 159. The lowest BCUT2D eigenvalue weighted by atomic mass is 9.97. The van der Waals surface area contributed by atoms with E-state index in [0.717, 1.165) is 0 Å². The summed E-state index contributed by atoms with van der Waals surface area (Å²) in [5.41, 5.74) is 0.125. The van der Waals surface area contributed by atoms with Crippen molar-refractivity contribution in [1.82, 2.24) is 5.32 Å². The highest BCUT2D eigenvalue weighted by molar-refractivity contribution is 5.75. The molecule has 0 bridgehead atoms. The molecule has 0 spiro atoms. The molecule has 0 rings (SSSR count). The molecule has 78 valence electrons. The number of carbonyl (C=O) groups is 1. The highest BCUT2D eigenvalue weighted by atomic mass is 16.3. The predicted molar refractivity (Wildman–Crippen MR) is 53.4 cm³/mol. The maximum absolute atomic E-state index is 11.2. The van der Waals surface area contributed by atoms with Gasteiger partial charge in [0.1, 0.15) is 0 Å². The van der Waals surface area contributed by atoms with Gasteiger partial charge in [0.05, 0.1) is 6.10 Å². The molecular weight excluding hydrogens is 166 g/mol. The van der Waals surface area contributed by atoms with Crippen molar-refractivity contribution in [2.45, 2.75) is 46.6 Å². The lowest BCUT2D eigenvalue weighted by molar-refractivity contribution is -0.122. The quantitative estimate of drug-likeness (QED) is 0.697. The molecule has 0 aromatic heterocycles. The Labute approximate surface area is 80.5 Å². The van der Waals surface area contributed by atoms with Crippen molar-refractivity contribution in [3.8, 4) is 0 Å². The molecule has 3 nitrogen and oxygen atoms in total. The van der Waals surface area contributed by atoms with Crippen LogP contribution in [0.25, 0.3) is 0 Å². The van der Waals surface area contributed by atoms with Crippen LogP contribution in [0.1, 0.15) is 40.5 Å². The third kappa shape index (κ3) is 9.34. The number of rotatable bonds is 4. The van der Waals surface area contributed by atoms with Crippen LogP contribution in [0, 0.1) is 5.41 Å². The lowest BCUT2D eigenvalue weighted by Gasteiger charge is -2.18. The Hall–Kier alpha value is -0.570. The van der Waals surface area contributed by atoms with Crippen molar-refractivity contribution >= 4 is 5.91 Å². The minimum atomic E-state index is -0.389. The molecular formula is C10H21NO2. The second kappa shape index (κ2) is 5.22. The second-order valence-electron chi connectivity index (χ2n) is 4.73. The van der Waals surface area contributed by atoms with Gasteiger partial charge in [0.15, 0.2) is 0 Å². The highest BCUT2D eigenvalue weighted by Crippen LogP contribution is 2.10. The van der Waals surface area contributed by atoms with Crippen LogP contribution in [-0.4, -0.2) is 23.7 Å². The van der Waals surface area contributed by atoms with Crippen LogP contribution in [0.2, 0.25) is 0 Å². The zero-order chi connectivity index (χ0) is 10.5. The fraction of sp³-hybridized carbons (Fsp3) is 0.900. The van der Waals surface area contributed by atoms with Gasteiger partial charge in [-0.05, 0) is 18.8 Å². The van der Waals surface area contributed by atoms with E-state index >= 15 is 0 Å². The Kier molecular flexibility index (Phi) is 4.99. The van der Waals surface area contributed by atoms with E-state index in [1.165, 1.54) is 0 Å². The SMILES string of the molecule is CC(O)CCC(=O)NCC(C)(C)C. The number of carbonyl (C=O) groups excluding carboxylic acids is 1. The van der Waals surface area contributed by atoms with Crippen molar-refractivity contribution in [2.75, 3.05) is 6.54 Å². The molecule has 0 radical (unpaired) electrons. The number of hydrogen-bond donors (Lipinski definition) is 2. The van der Waals surface area contributed by atoms with E-state index in [1.54, 1.807) is 6.92 Å². The molecule has 3 heteroatoms. The maximum atomic E-state index is 11.2. The summed E-state index contributed by atoms with van der Waals surface area (Å²) in [4.78, 5) is 11.2. The van der Waals surface area contributed by atoms with Crippen molar-refractivity contribution in [3.63, 3.8) is 0 Å². The van der Waals surface area contributed by atoms with Crippen LogP contribution in [0.4, 0.5) is 0 Å². The molecule has 0 aliphatic rings. The van der Waals surface area contributed by atoms with Gasteiger partial charge in [0.2, 0.25) is 5.91 Å². The normalized spacial score (nSPS) is 13.9. The van der Waals surface area contributed by atoms with E-state index in [1.807, 2.05) is 0 Å². The van der Waals surface area contributed by atoms with E-state index in [-0.39, 0.29) is 17.4 Å². The molecule has 0 heterocycles. The first kappa shape index (κ1) is 12.4. The standard InChI is InChI=1S/C10H21NO2/c1-8(12)5-6-9(13)11-7-10(2,3)4/h8,12H,5-7H2,1-4H3,(H,11,13). The Morgan fingerprint density at radius 2 is 2.00 bits per heavy atom.